The van der Waals surface area contributed by atoms with Crippen molar-refractivity contribution in [2.45, 2.75) is 38.6 Å². The molecule has 0 saturated heterocycles. The Morgan fingerprint density at radius 2 is 1.85 bits per heavy atom. The number of hydrogen-bond donors (Lipinski definition) is 1. The standard InChI is InChI=1S/C22H25NO3S/c1-2-3-13-27(25,26)23-21-15-18-10-11-19(14-20(18)16-21)22(24)12-9-17-7-5-4-6-8-17/h4-12,14,21,23H,2-3,13,15-16H2,1H3/b12-9+. The Bertz CT molecular complexity index is 933. The molecule has 1 aliphatic carbocycles. The van der Waals surface area contributed by atoms with Crippen LogP contribution in [0.5, 0.6) is 0 Å². The van der Waals surface area contributed by atoms with Crippen molar-refractivity contribution in [1.29, 1.82) is 0 Å². The first-order valence-electron chi connectivity index (χ1n) is 9.36. The third-order valence-electron chi connectivity index (χ3n) is 4.76. The summed E-state index contributed by atoms with van der Waals surface area (Å²) in [6, 6.07) is 15.2. The van der Waals surface area contributed by atoms with Crippen LogP contribution < -0.4 is 4.72 Å². The lowest BCUT2D eigenvalue weighted by Gasteiger charge is -2.12. The maximum absolute atomic E-state index is 12.4. The summed E-state index contributed by atoms with van der Waals surface area (Å²) in [5.74, 6) is 0.123. The Hall–Kier alpha value is -2.24. The highest BCUT2D eigenvalue weighted by atomic mass is 32.2. The highest BCUT2D eigenvalue weighted by Gasteiger charge is 2.25. The lowest BCUT2D eigenvalue weighted by Crippen LogP contribution is -2.36. The molecule has 4 nitrogen and oxygen atoms in total. The van der Waals surface area contributed by atoms with Crippen LogP contribution in [0.2, 0.25) is 0 Å². The van der Waals surface area contributed by atoms with E-state index in [1.165, 1.54) is 0 Å². The number of hydrogen-bond acceptors (Lipinski definition) is 3. The minimum Gasteiger partial charge on any atom is -0.289 e. The van der Waals surface area contributed by atoms with Crippen LogP contribution in [0.1, 0.15) is 46.8 Å². The van der Waals surface area contributed by atoms with E-state index in [9.17, 15) is 13.2 Å². The third-order valence-corrected chi connectivity index (χ3v) is 6.28. The van der Waals surface area contributed by atoms with Crippen LogP contribution in [-0.2, 0) is 22.9 Å². The Labute approximate surface area is 161 Å². The van der Waals surface area contributed by atoms with Gasteiger partial charge in [-0.1, -0.05) is 61.9 Å². The number of carbonyl (C=O) groups is 1. The molecule has 1 unspecified atom stereocenters. The lowest BCUT2D eigenvalue weighted by atomic mass is 10.0. The van der Waals surface area contributed by atoms with Crippen LogP contribution in [0.15, 0.2) is 54.6 Å². The number of allylic oxidation sites excluding steroid dienone is 1. The van der Waals surface area contributed by atoms with Crippen LogP contribution in [-0.4, -0.2) is 26.0 Å². The van der Waals surface area contributed by atoms with Gasteiger partial charge < -0.3 is 0 Å². The van der Waals surface area contributed by atoms with Gasteiger partial charge in [0, 0.05) is 11.6 Å². The molecule has 0 saturated carbocycles. The summed E-state index contributed by atoms with van der Waals surface area (Å²) in [6.45, 7) is 1.98. The molecule has 1 aliphatic rings. The fourth-order valence-corrected chi connectivity index (χ4v) is 4.80. The molecule has 3 rings (SSSR count). The molecule has 27 heavy (non-hydrogen) atoms. The van der Waals surface area contributed by atoms with Gasteiger partial charge in [0.05, 0.1) is 5.75 Å². The predicted molar refractivity (Wildman–Crippen MR) is 109 cm³/mol. The molecule has 5 heteroatoms. The average molecular weight is 384 g/mol. The number of rotatable bonds is 8. The van der Waals surface area contributed by atoms with Crippen LogP contribution in [0, 0.1) is 0 Å². The monoisotopic (exact) mass is 383 g/mol. The molecule has 1 N–H and O–H groups in total. The molecular weight excluding hydrogens is 358 g/mol. The van der Waals surface area contributed by atoms with Gasteiger partial charge in [0.1, 0.15) is 0 Å². The van der Waals surface area contributed by atoms with E-state index in [1.54, 1.807) is 12.2 Å². The summed E-state index contributed by atoms with van der Waals surface area (Å²) in [5, 5.41) is 0. The molecule has 0 aliphatic heterocycles. The lowest BCUT2D eigenvalue weighted by molar-refractivity contribution is 0.104. The number of ketones is 1. The van der Waals surface area contributed by atoms with Gasteiger partial charge in [-0.05, 0) is 48.1 Å². The van der Waals surface area contributed by atoms with Gasteiger partial charge in [0.2, 0.25) is 10.0 Å². The molecule has 0 amide bonds. The average Bonchev–Trinajstić information content (AvgIpc) is 3.05. The summed E-state index contributed by atoms with van der Waals surface area (Å²) in [6.07, 6.45) is 6.21. The first-order chi connectivity index (χ1) is 13.0. The second-order valence-corrected chi connectivity index (χ2v) is 8.86. The number of unbranched alkanes of at least 4 members (excludes halogenated alkanes) is 1. The Kier molecular flexibility index (Phi) is 6.24. The molecule has 0 heterocycles. The number of fused-ring (bicyclic) bond motifs is 1. The van der Waals surface area contributed by atoms with E-state index < -0.39 is 10.0 Å². The van der Waals surface area contributed by atoms with Gasteiger partial charge in [-0.2, -0.15) is 0 Å². The molecule has 2 aromatic carbocycles. The number of carbonyl (C=O) groups excluding carboxylic acids is 1. The normalized spacial score (nSPS) is 16.6. The van der Waals surface area contributed by atoms with Gasteiger partial charge in [-0.25, -0.2) is 13.1 Å². The Morgan fingerprint density at radius 3 is 2.59 bits per heavy atom. The third kappa shape index (κ3) is 5.37. The maximum Gasteiger partial charge on any atom is 0.211 e. The first kappa shape index (κ1) is 19.5. The van der Waals surface area contributed by atoms with E-state index >= 15 is 0 Å². The zero-order valence-electron chi connectivity index (χ0n) is 15.5. The minimum absolute atomic E-state index is 0.0476. The van der Waals surface area contributed by atoms with Crippen molar-refractivity contribution < 1.29 is 13.2 Å². The largest absolute Gasteiger partial charge is 0.289 e. The number of sulfonamides is 1. The zero-order chi connectivity index (χ0) is 19.3. The van der Waals surface area contributed by atoms with E-state index in [4.69, 9.17) is 0 Å². The molecule has 0 fully saturated rings. The van der Waals surface area contributed by atoms with E-state index in [2.05, 4.69) is 4.72 Å². The van der Waals surface area contributed by atoms with E-state index in [-0.39, 0.29) is 17.6 Å². The molecule has 0 aromatic heterocycles. The van der Waals surface area contributed by atoms with Crippen LogP contribution in [0.4, 0.5) is 0 Å². The smallest absolute Gasteiger partial charge is 0.211 e. The van der Waals surface area contributed by atoms with E-state index in [0.29, 0.717) is 24.8 Å². The van der Waals surface area contributed by atoms with Gasteiger partial charge >= 0.3 is 0 Å². The van der Waals surface area contributed by atoms with Gasteiger partial charge in [-0.3, -0.25) is 4.79 Å². The van der Waals surface area contributed by atoms with Crippen molar-refractivity contribution in [3.05, 3.63) is 76.9 Å². The van der Waals surface area contributed by atoms with Crippen molar-refractivity contribution in [3.8, 4) is 0 Å². The summed E-state index contributed by atoms with van der Waals surface area (Å²) in [7, 11) is -3.24. The Morgan fingerprint density at radius 1 is 1.11 bits per heavy atom. The van der Waals surface area contributed by atoms with E-state index in [0.717, 1.165) is 23.1 Å². The van der Waals surface area contributed by atoms with Crippen LogP contribution in [0.25, 0.3) is 6.08 Å². The topological polar surface area (TPSA) is 63.2 Å². The van der Waals surface area contributed by atoms with Crippen LogP contribution in [0.3, 0.4) is 0 Å². The van der Waals surface area contributed by atoms with Crippen molar-refractivity contribution in [2.24, 2.45) is 0 Å². The van der Waals surface area contributed by atoms with Gasteiger partial charge in [-0.15, -0.1) is 0 Å². The quantitative estimate of drug-likeness (QED) is 0.557. The highest BCUT2D eigenvalue weighted by Crippen LogP contribution is 2.24. The second kappa shape index (κ2) is 8.63. The molecule has 0 bridgehead atoms. The van der Waals surface area contributed by atoms with Crippen LogP contribution >= 0.6 is 0 Å². The van der Waals surface area contributed by atoms with Crippen molar-refractivity contribution in [2.75, 3.05) is 5.75 Å². The highest BCUT2D eigenvalue weighted by molar-refractivity contribution is 7.89. The first-order valence-corrected chi connectivity index (χ1v) is 11.0. The summed E-state index contributed by atoms with van der Waals surface area (Å²) in [5.41, 5.74) is 3.78. The maximum atomic E-state index is 12.4. The van der Waals surface area contributed by atoms with Crippen molar-refractivity contribution in [1.82, 2.24) is 4.72 Å². The molecule has 142 valence electrons. The summed E-state index contributed by atoms with van der Waals surface area (Å²) >= 11 is 0. The molecule has 0 spiro atoms. The Balaban J connectivity index is 1.66. The van der Waals surface area contributed by atoms with Gasteiger partial charge in [0.25, 0.3) is 0 Å². The fourth-order valence-electron chi connectivity index (χ4n) is 3.33. The second-order valence-electron chi connectivity index (χ2n) is 6.99. The predicted octanol–water partition coefficient (Wildman–Crippen LogP) is 3.77. The molecule has 2 aromatic rings. The fraction of sp³-hybridized carbons (Fsp3) is 0.318. The SMILES string of the molecule is CCCCS(=O)(=O)NC1Cc2ccc(C(=O)/C=C/c3ccccc3)cc2C1. The molecular formula is C22H25NO3S. The van der Waals surface area contributed by atoms with Crippen molar-refractivity contribution in [3.63, 3.8) is 0 Å². The van der Waals surface area contributed by atoms with E-state index in [1.807, 2.05) is 55.5 Å². The van der Waals surface area contributed by atoms with Crippen molar-refractivity contribution >= 4 is 21.9 Å². The zero-order valence-corrected chi connectivity index (χ0v) is 16.3. The summed E-state index contributed by atoms with van der Waals surface area (Å²) in [4.78, 5) is 12.4. The summed E-state index contributed by atoms with van der Waals surface area (Å²) < 4.78 is 27.0. The van der Waals surface area contributed by atoms with Gasteiger partial charge in [0.15, 0.2) is 5.78 Å². The number of nitrogens with one attached hydrogen (secondary N) is 1. The minimum atomic E-state index is -3.24. The number of benzene rings is 2. The molecule has 0 radical (unpaired) electrons. The molecule has 1 atom stereocenters.